The van der Waals surface area contributed by atoms with Crippen molar-refractivity contribution in [3.8, 4) is 0 Å². The molecule has 0 fully saturated rings. The SMILES string of the molecule is Cc1ccc(N=C(c2ccccc2)N(C)Sc2ccc([N+](=O)[O-])cc2[N+](=O)[O-])cc1. The van der Waals surface area contributed by atoms with Gasteiger partial charge in [0, 0.05) is 18.7 Å². The zero-order valence-corrected chi connectivity index (χ0v) is 17.1. The summed E-state index contributed by atoms with van der Waals surface area (Å²) in [6.07, 6.45) is 0. The summed E-state index contributed by atoms with van der Waals surface area (Å²) in [5.74, 6) is 0.595. The van der Waals surface area contributed by atoms with Crippen LogP contribution in [0.1, 0.15) is 11.1 Å². The first kappa shape index (κ1) is 21.0. The Morgan fingerprint density at radius 2 is 1.60 bits per heavy atom. The van der Waals surface area contributed by atoms with E-state index in [0.717, 1.165) is 34.8 Å². The Balaban J connectivity index is 2.00. The standard InChI is InChI=1S/C21H18N4O4S/c1-15-8-10-17(11-9-15)22-21(16-6-4-3-5-7-16)23(2)30-20-13-12-18(24(26)27)14-19(20)25(28)29/h3-14H,1-2H3. The zero-order chi connectivity index (χ0) is 21.7. The molecule has 0 aliphatic rings. The molecular formula is C21H18N4O4S. The Hall–Kier alpha value is -3.72. The minimum atomic E-state index is -0.653. The van der Waals surface area contributed by atoms with E-state index in [1.807, 2.05) is 61.5 Å². The first-order valence-electron chi connectivity index (χ1n) is 8.90. The second-order valence-electron chi connectivity index (χ2n) is 6.39. The van der Waals surface area contributed by atoms with E-state index in [-0.39, 0.29) is 16.3 Å². The fourth-order valence-corrected chi connectivity index (χ4v) is 3.56. The third-order valence-corrected chi connectivity index (χ3v) is 5.17. The number of hydrogen-bond acceptors (Lipinski definition) is 6. The number of nitrogens with zero attached hydrogens (tertiary/aromatic N) is 4. The van der Waals surface area contributed by atoms with E-state index in [0.29, 0.717) is 5.84 Å². The Morgan fingerprint density at radius 3 is 2.20 bits per heavy atom. The minimum Gasteiger partial charge on any atom is -0.299 e. The van der Waals surface area contributed by atoms with Crippen molar-refractivity contribution in [1.29, 1.82) is 0 Å². The van der Waals surface area contributed by atoms with Gasteiger partial charge in [-0.25, -0.2) is 4.99 Å². The second-order valence-corrected chi connectivity index (χ2v) is 7.56. The molecule has 0 N–H and O–H groups in total. The molecular weight excluding hydrogens is 404 g/mol. The fraction of sp³-hybridized carbons (Fsp3) is 0.0952. The average Bonchev–Trinajstić information content (AvgIpc) is 2.73. The van der Waals surface area contributed by atoms with E-state index in [1.165, 1.54) is 12.1 Å². The van der Waals surface area contributed by atoms with Gasteiger partial charge in [0.25, 0.3) is 11.4 Å². The van der Waals surface area contributed by atoms with Crippen molar-refractivity contribution >= 4 is 34.8 Å². The summed E-state index contributed by atoms with van der Waals surface area (Å²) < 4.78 is 1.71. The maximum atomic E-state index is 11.5. The highest BCUT2D eigenvalue weighted by Gasteiger charge is 2.22. The number of benzene rings is 3. The Kier molecular flexibility index (Phi) is 6.43. The molecule has 3 rings (SSSR count). The predicted octanol–water partition coefficient (Wildman–Crippen LogP) is 5.53. The van der Waals surface area contributed by atoms with Gasteiger partial charge in [-0.2, -0.15) is 0 Å². The molecule has 30 heavy (non-hydrogen) atoms. The lowest BCUT2D eigenvalue weighted by atomic mass is 10.2. The maximum absolute atomic E-state index is 11.5. The van der Waals surface area contributed by atoms with E-state index in [2.05, 4.69) is 0 Å². The van der Waals surface area contributed by atoms with Crippen molar-refractivity contribution in [2.24, 2.45) is 4.99 Å². The van der Waals surface area contributed by atoms with Gasteiger partial charge in [-0.3, -0.25) is 24.5 Å². The lowest BCUT2D eigenvalue weighted by Crippen LogP contribution is -2.20. The number of amidine groups is 1. The Labute approximate surface area is 177 Å². The molecule has 152 valence electrons. The predicted molar refractivity (Wildman–Crippen MR) is 117 cm³/mol. The Morgan fingerprint density at radius 1 is 0.933 bits per heavy atom. The van der Waals surface area contributed by atoms with Gasteiger partial charge in [0.1, 0.15) is 10.7 Å². The minimum absolute atomic E-state index is 0.278. The summed E-state index contributed by atoms with van der Waals surface area (Å²) in [7, 11) is 1.75. The summed E-state index contributed by atoms with van der Waals surface area (Å²) in [6.45, 7) is 1.99. The quantitative estimate of drug-likeness (QED) is 0.170. The molecule has 3 aromatic carbocycles. The van der Waals surface area contributed by atoms with Crippen molar-refractivity contribution in [3.05, 3.63) is 104 Å². The smallest absolute Gasteiger partial charge is 0.291 e. The molecule has 0 aliphatic carbocycles. The number of hydrogen-bond donors (Lipinski definition) is 0. The van der Waals surface area contributed by atoms with Crippen LogP contribution in [-0.2, 0) is 0 Å². The van der Waals surface area contributed by atoms with Crippen LogP contribution in [0, 0.1) is 27.2 Å². The maximum Gasteiger partial charge on any atom is 0.291 e. The topological polar surface area (TPSA) is 102 Å². The van der Waals surface area contributed by atoms with Crippen LogP contribution in [-0.4, -0.2) is 27.0 Å². The number of non-ortho nitro benzene ring substituents is 1. The van der Waals surface area contributed by atoms with Crippen LogP contribution in [0.25, 0.3) is 0 Å². The van der Waals surface area contributed by atoms with Crippen LogP contribution < -0.4 is 0 Å². The van der Waals surface area contributed by atoms with E-state index in [4.69, 9.17) is 4.99 Å². The van der Waals surface area contributed by atoms with Crippen molar-refractivity contribution < 1.29 is 9.85 Å². The van der Waals surface area contributed by atoms with Gasteiger partial charge in [0.2, 0.25) is 0 Å². The molecule has 3 aromatic rings. The van der Waals surface area contributed by atoms with Crippen molar-refractivity contribution in [3.63, 3.8) is 0 Å². The van der Waals surface area contributed by atoms with E-state index in [1.54, 1.807) is 11.4 Å². The number of aliphatic imine (C=N–C) groups is 1. The van der Waals surface area contributed by atoms with Crippen molar-refractivity contribution in [2.45, 2.75) is 11.8 Å². The lowest BCUT2D eigenvalue weighted by Gasteiger charge is -2.20. The molecule has 9 heteroatoms. The van der Waals surface area contributed by atoms with Gasteiger partial charge >= 0.3 is 0 Å². The van der Waals surface area contributed by atoms with E-state index >= 15 is 0 Å². The van der Waals surface area contributed by atoms with Crippen molar-refractivity contribution in [1.82, 2.24) is 4.31 Å². The van der Waals surface area contributed by atoms with Gasteiger partial charge in [-0.1, -0.05) is 48.0 Å². The molecule has 0 amide bonds. The van der Waals surface area contributed by atoms with Gasteiger partial charge < -0.3 is 0 Å². The monoisotopic (exact) mass is 422 g/mol. The molecule has 0 saturated heterocycles. The molecule has 0 aromatic heterocycles. The molecule has 0 heterocycles. The normalized spacial score (nSPS) is 11.2. The number of nitro benzene ring substituents is 2. The summed E-state index contributed by atoms with van der Waals surface area (Å²) >= 11 is 1.08. The van der Waals surface area contributed by atoms with Crippen LogP contribution in [0.4, 0.5) is 17.1 Å². The molecule has 0 saturated carbocycles. The second kappa shape index (κ2) is 9.19. The number of rotatable bonds is 6. The van der Waals surface area contributed by atoms with Crippen LogP contribution in [0.5, 0.6) is 0 Å². The molecule has 0 unspecified atom stereocenters. The van der Waals surface area contributed by atoms with E-state index < -0.39 is 9.85 Å². The summed E-state index contributed by atoms with van der Waals surface area (Å²) in [5, 5.41) is 22.4. The average molecular weight is 422 g/mol. The van der Waals surface area contributed by atoms with Crippen molar-refractivity contribution in [2.75, 3.05) is 7.05 Å². The van der Waals surface area contributed by atoms with Crippen LogP contribution in [0.15, 0.2) is 82.7 Å². The molecule has 0 atom stereocenters. The third kappa shape index (κ3) is 5.00. The molecule has 0 spiro atoms. The number of nitro groups is 2. The summed E-state index contributed by atoms with van der Waals surface area (Å²) in [5.41, 5.74) is 2.02. The third-order valence-electron chi connectivity index (χ3n) is 4.18. The molecule has 0 radical (unpaired) electrons. The van der Waals surface area contributed by atoms with E-state index in [9.17, 15) is 20.2 Å². The molecule has 8 nitrogen and oxygen atoms in total. The first-order valence-corrected chi connectivity index (χ1v) is 9.68. The fourth-order valence-electron chi connectivity index (χ4n) is 2.68. The van der Waals surface area contributed by atoms with Gasteiger partial charge in [0.15, 0.2) is 0 Å². The van der Waals surface area contributed by atoms with Crippen LogP contribution in [0.3, 0.4) is 0 Å². The highest BCUT2D eigenvalue weighted by atomic mass is 32.2. The van der Waals surface area contributed by atoms with Gasteiger partial charge in [-0.15, -0.1) is 0 Å². The lowest BCUT2D eigenvalue weighted by molar-refractivity contribution is -0.396. The summed E-state index contributed by atoms with van der Waals surface area (Å²) in [6, 6.07) is 20.7. The first-order chi connectivity index (χ1) is 14.3. The van der Waals surface area contributed by atoms with Gasteiger partial charge in [-0.05, 0) is 37.1 Å². The largest absolute Gasteiger partial charge is 0.299 e. The van der Waals surface area contributed by atoms with Crippen LogP contribution in [0.2, 0.25) is 0 Å². The highest BCUT2D eigenvalue weighted by Crippen LogP contribution is 2.35. The highest BCUT2D eigenvalue weighted by molar-refractivity contribution is 7.97. The zero-order valence-electron chi connectivity index (χ0n) is 16.3. The molecule has 0 bridgehead atoms. The van der Waals surface area contributed by atoms with Gasteiger partial charge in [0.05, 0.1) is 21.6 Å². The van der Waals surface area contributed by atoms with Crippen LogP contribution >= 0.6 is 11.9 Å². The summed E-state index contributed by atoms with van der Waals surface area (Å²) in [4.78, 5) is 26.2. The number of aryl methyl sites for hydroxylation is 1. The Bertz CT molecular complexity index is 1100. The molecule has 0 aliphatic heterocycles.